The summed E-state index contributed by atoms with van der Waals surface area (Å²) in [5.41, 5.74) is 7.73. The number of halogens is 1. The number of aryl methyl sites for hydroxylation is 1. The summed E-state index contributed by atoms with van der Waals surface area (Å²) in [5.74, 6) is -0.513. The maximum Gasteiger partial charge on any atom is 0.294 e. The SMILES string of the molecule is Cc1ccc([C@@H]2C(C#N)=C(N)N(c3ccc(Cl)cc3[N+](=O)[O-])C3=C2C(=O)CCC3)s1. The van der Waals surface area contributed by atoms with E-state index in [4.69, 9.17) is 17.3 Å². The zero-order valence-electron chi connectivity index (χ0n) is 16.0. The van der Waals surface area contributed by atoms with Crippen molar-refractivity contribution < 1.29 is 9.72 Å². The largest absolute Gasteiger partial charge is 0.384 e. The number of allylic oxidation sites excluding steroid dienone is 3. The molecule has 0 radical (unpaired) electrons. The smallest absolute Gasteiger partial charge is 0.294 e. The van der Waals surface area contributed by atoms with Gasteiger partial charge in [-0.05, 0) is 44.0 Å². The van der Waals surface area contributed by atoms with Gasteiger partial charge in [0.1, 0.15) is 11.5 Å². The van der Waals surface area contributed by atoms with E-state index in [0.717, 1.165) is 9.75 Å². The molecule has 30 heavy (non-hydrogen) atoms. The Morgan fingerprint density at radius 2 is 2.10 bits per heavy atom. The minimum absolute atomic E-state index is 0.0610. The van der Waals surface area contributed by atoms with Crippen LogP contribution >= 0.6 is 22.9 Å². The molecule has 0 fully saturated rings. The van der Waals surface area contributed by atoms with Crippen LogP contribution in [0.15, 0.2) is 53.0 Å². The van der Waals surface area contributed by atoms with Gasteiger partial charge in [-0.15, -0.1) is 11.3 Å². The molecule has 0 saturated heterocycles. The molecule has 152 valence electrons. The highest BCUT2D eigenvalue weighted by Gasteiger charge is 2.42. The number of carbonyl (C=O) groups is 1. The fourth-order valence-corrected chi connectivity index (χ4v) is 5.25. The predicted octanol–water partition coefficient (Wildman–Crippen LogP) is 4.92. The molecular formula is C21H17ClN4O3S. The Labute approximate surface area is 181 Å². The summed E-state index contributed by atoms with van der Waals surface area (Å²) in [6.45, 7) is 1.96. The number of nitrogens with two attached hydrogens (primary N) is 1. The molecule has 1 aliphatic carbocycles. The zero-order valence-corrected chi connectivity index (χ0v) is 17.6. The van der Waals surface area contributed by atoms with Crippen LogP contribution < -0.4 is 10.6 Å². The van der Waals surface area contributed by atoms with Gasteiger partial charge < -0.3 is 5.73 Å². The van der Waals surface area contributed by atoms with Crippen LogP contribution in [0.25, 0.3) is 0 Å². The van der Waals surface area contributed by atoms with Gasteiger partial charge in [0, 0.05) is 38.5 Å². The van der Waals surface area contributed by atoms with Crippen LogP contribution in [0.2, 0.25) is 5.02 Å². The summed E-state index contributed by atoms with van der Waals surface area (Å²) in [6.07, 6.45) is 1.51. The third-order valence-electron chi connectivity index (χ3n) is 5.33. The molecule has 1 atom stereocenters. The molecule has 4 rings (SSSR count). The standard InChI is InChI=1S/C21H17ClN4O3S/c1-11-5-8-18(30-11)19-13(10-23)21(24)25(15-3-2-4-17(27)20(15)19)14-7-6-12(22)9-16(14)26(28)29/h5-9,19H,2-4,24H2,1H3/t19-/m0/s1. The Balaban J connectivity index is 2.01. The second kappa shape index (κ2) is 7.59. The Kier molecular flexibility index (Phi) is 5.10. The first-order chi connectivity index (χ1) is 14.3. The van der Waals surface area contributed by atoms with Gasteiger partial charge >= 0.3 is 0 Å². The van der Waals surface area contributed by atoms with E-state index in [-0.39, 0.29) is 33.6 Å². The number of nitro groups is 1. The van der Waals surface area contributed by atoms with Crippen molar-refractivity contribution in [3.8, 4) is 6.07 Å². The number of ketones is 1. The summed E-state index contributed by atoms with van der Waals surface area (Å²) in [6, 6.07) is 10.3. The topological polar surface area (TPSA) is 113 Å². The van der Waals surface area contributed by atoms with Crippen molar-refractivity contribution in [2.45, 2.75) is 32.1 Å². The number of thiophene rings is 1. The highest BCUT2D eigenvalue weighted by atomic mass is 35.5. The van der Waals surface area contributed by atoms with Gasteiger partial charge in [-0.25, -0.2) is 0 Å². The normalized spacial score (nSPS) is 19.0. The van der Waals surface area contributed by atoms with Crippen molar-refractivity contribution in [2.75, 3.05) is 4.90 Å². The molecule has 7 nitrogen and oxygen atoms in total. The van der Waals surface area contributed by atoms with Crippen LogP contribution in [0.4, 0.5) is 11.4 Å². The lowest BCUT2D eigenvalue weighted by Crippen LogP contribution is -2.38. The molecular weight excluding hydrogens is 424 g/mol. The fraction of sp³-hybridized carbons (Fsp3) is 0.238. The minimum atomic E-state index is -0.556. The van der Waals surface area contributed by atoms with Gasteiger partial charge in [-0.1, -0.05) is 11.6 Å². The summed E-state index contributed by atoms with van der Waals surface area (Å²) >= 11 is 7.48. The number of nitriles is 1. The Morgan fingerprint density at radius 3 is 2.73 bits per heavy atom. The zero-order chi connectivity index (χ0) is 21.6. The summed E-state index contributed by atoms with van der Waals surface area (Å²) in [4.78, 5) is 27.6. The van der Waals surface area contributed by atoms with Crippen LogP contribution in [0, 0.1) is 28.4 Å². The van der Waals surface area contributed by atoms with Crippen molar-refractivity contribution in [1.82, 2.24) is 0 Å². The van der Waals surface area contributed by atoms with Crippen molar-refractivity contribution in [1.29, 1.82) is 5.26 Å². The van der Waals surface area contributed by atoms with E-state index in [9.17, 15) is 20.2 Å². The summed E-state index contributed by atoms with van der Waals surface area (Å²) in [7, 11) is 0. The van der Waals surface area contributed by atoms with Crippen molar-refractivity contribution in [3.05, 3.63) is 77.9 Å². The van der Waals surface area contributed by atoms with E-state index >= 15 is 0 Å². The number of carbonyl (C=O) groups excluding carboxylic acids is 1. The second-order valence-corrected chi connectivity index (χ2v) is 8.91. The van der Waals surface area contributed by atoms with Crippen molar-refractivity contribution >= 4 is 40.1 Å². The average Bonchev–Trinajstić information content (AvgIpc) is 3.13. The van der Waals surface area contributed by atoms with Crippen LogP contribution in [0.3, 0.4) is 0 Å². The van der Waals surface area contributed by atoms with Gasteiger partial charge in [-0.2, -0.15) is 5.26 Å². The number of benzene rings is 1. The third-order valence-corrected chi connectivity index (χ3v) is 6.63. The Bertz CT molecular complexity index is 1190. The Morgan fingerprint density at radius 1 is 1.33 bits per heavy atom. The first-order valence-electron chi connectivity index (χ1n) is 9.30. The maximum absolute atomic E-state index is 13.0. The number of nitro benzene ring substituents is 1. The highest BCUT2D eigenvalue weighted by Crippen LogP contribution is 2.49. The third kappa shape index (κ3) is 3.16. The van der Waals surface area contributed by atoms with Crippen LogP contribution in [0.1, 0.15) is 34.9 Å². The van der Waals surface area contributed by atoms with Gasteiger partial charge in [0.25, 0.3) is 5.69 Å². The lowest BCUT2D eigenvalue weighted by molar-refractivity contribution is -0.384. The number of hydrogen-bond acceptors (Lipinski definition) is 7. The van der Waals surface area contributed by atoms with Gasteiger partial charge in [0.05, 0.1) is 22.5 Å². The molecule has 2 aliphatic rings. The van der Waals surface area contributed by atoms with E-state index < -0.39 is 10.8 Å². The van der Waals surface area contributed by atoms with Crippen LogP contribution in [-0.4, -0.2) is 10.7 Å². The fourth-order valence-electron chi connectivity index (χ4n) is 4.09. The molecule has 2 heterocycles. The van der Waals surface area contributed by atoms with E-state index in [2.05, 4.69) is 6.07 Å². The van der Waals surface area contributed by atoms with Crippen molar-refractivity contribution in [2.24, 2.45) is 5.73 Å². The molecule has 0 spiro atoms. The number of rotatable bonds is 3. The number of hydrogen-bond donors (Lipinski definition) is 1. The molecule has 2 N–H and O–H groups in total. The molecule has 9 heteroatoms. The lowest BCUT2D eigenvalue weighted by atomic mass is 9.78. The van der Waals surface area contributed by atoms with Gasteiger partial charge in [0.2, 0.25) is 0 Å². The maximum atomic E-state index is 13.0. The van der Waals surface area contributed by atoms with Crippen LogP contribution in [-0.2, 0) is 4.79 Å². The quantitative estimate of drug-likeness (QED) is 0.535. The van der Waals surface area contributed by atoms with Crippen molar-refractivity contribution in [3.63, 3.8) is 0 Å². The highest BCUT2D eigenvalue weighted by molar-refractivity contribution is 7.12. The molecule has 2 aromatic rings. The Hall–Kier alpha value is -3.15. The molecule has 0 amide bonds. The van der Waals surface area contributed by atoms with Crippen LogP contribution in [0.5, 0.6) is 0 Å². The minimum Gasteiger partial charge on any atom is -0.384 e. The van der Waals surface area contributed by atoms with Gasteiger partial charge in [-0.3, -0.25) is 19.8 Å². The second-order valence-electron chi connectivity index (χ2n) is 7.15. The van der Waals surface area contributed by atoms with E-state index in [1.165, 1.54) is 34.4 Å². The predicted molar refractivity (Wildman–Crippen MR) is 115 cm³/mol. The summed E-state index contributed by atoms with van der Waals surface area (Å²) in [5, 5.41) is 21.9. The molecule has 0 unspecified atom stereocenters. The lowest BCUT2D eigenvalue weighted by Gasteiger charge is -2.39. The van der Waals surface area contributed by atoms with Gasteiger partial charge in [0.15, 0.2) is 5.78 Å². The molecule has 1 aromatic heterocycles. The van der Waals surface area contributed by atoms with E-state index in [1.807, 2.05) is 19.1 Å². The van der Waals surface area contributed by atoms with E-state index in [0.29, 0.717) is 30.5 Å². The molecule has 0 saturated carbocycles. The molecule has 1 aliphatic heterocycles. The monoisotopic (exact) mass is 440 g/mol. The summed E-state index contributed by atoms with van der Waals surface area (Å²) < 4.78 is 0. The average molecular weight is 441 g/mol. The number of Topliss-reactive ketones (excluding diaryl/α,β-unsaturated/α-hetero) is 1. The molecule has 0 bridgehead atoms. The van der Waals surface area contributed by atoms with E-state index in [1.54, 1.807) is 0 Å². The molecule has 1 aromatic carbocycles. The number of nitrogens with zero attached hydrogens (tertiary/aromatic N) is 3. The first-order valence-corrected chi connectivity index (χ1v) is 10.5. The number of anilines is 1. The first kappa shape index (κ1) is 20.1.